The Labute approximate surface area is 229 Å². The molecule has 1 aliphatic rings. The lowest BCUT2D eigenvalue weighted by Gasteiger charge is -2.04. The summed E-state index contributed by atoms with van der Waals surface area (Å²) in [7, 11) is 0. The molecule has 4 rings (SSSR count). The monoisotopic (exact) mass is 562 g/mol. The van der Waals surface area contributed by atoms with Crippen molar-refractivity contribution in [1.29, 1.82) is 0 Å². The smallest absolute Gasteiger partial charge is 0.371 e. The van der Waals surface area contributed by atoms with Gasteiger partial charge in [0.2, 0.25) is 5.76 Å². The summed E-state index contributed by atoms with van der Waals surface area (Å²) in [6, 6.07) is 13.3. The molecule has 0 aliphatic heterocycles. The Hall–Kier alpha value is -4.45. The van der Waals surface area contributed by atoms with Crippen molar-refractivity contribution in [2.75, 3.05) is 0 Å². The van der Waals surface area contributed by atoms with Crippen LogP contribution in [0.5, 0.6) is 11.5 Å². The minimum absolute atomic E-state index is 0.0231. The van der Waals surface area contributed by atoms with E-state index in [9.17, 15) is 19.2 Å². The van der Waals surface area contributed by atoms with Gasteiger partial charge in [0.25, 0.3) is 0 Å². The molecule has 0 amide bonds. The molecule has 39 heavy (non-hydrogen) atoms. The van der Waals surface area contributed by atoms with Gasteiger partial charge in [-0.25, -0.2) is 14.4 Å². The summed E-state index contributed by atoms with van der Waals surface area (Å²) in [5, 5.41) is 51.3. The average Bonchev–Trinajstić information content (AvgIpc) is 3.60. The average molecular weight is 563 g/mol. The van der Waals surface area contributed by atoms with E-state index in [0.29, 0.717) is 11.3 Å². The molecular formula is C27H30O11S. The highest BCUT2D eigenvalue weighted by atomic mass is 32.1. The number of para-hydroxylation sites is 1. The molecule has 0 spiro atoms. The summed E-state index contributed by atoms with van der Waals surface area (Å²) >= 11 is 3.96. The third kappa shape index (κ3) is 12.6. The molecule has 12 heteroatoms. The number of aromatic carboxylic acids is 3. The normalized spacial score (nSPS) is 11.9. The van der Waals surface area contributed by atoms with Gasteiger partial charge in [0.15, 0.2) is 11.5 Å². The van der Waals surface area contributed by atoms with E-state index in [1.54, 1.807) is 18.2 Å². The fraction of sp³-hybridized carbons (Fsp3) is 0.259. The van der Waals surface area contributed by atoms with Crippen molar-refractivity contribution < 1.29 is 54.2 Å². The third-order valence-corrected chi connectivity index (χ3v) is 5.74. The van der Waals surface area contributed by atoms with E-state index in [0.717, 1.165) is 12.3 Å². The number of phenolic OH excluding ortho intramolecular Hbond substituents is 1. The van der Waals surface area contributed by atoms with Crippen molar-refractivity contribution >= 4 is 36.5 Å². The van der Waals surface area contributed by atoms with Crippen molar-refractivity contribution in [3.8, 4) is 11.5 Å². The summed E-state index contributed by atoms with van der Waals surface area (Å²) in [5.41, 5.74) is -0.0594. The predicted octanol–water partition coefficient (Wildman–Crippen LogP) is 5.49. The van der Waals surface area contributed by atoms with E-state index in [-0.39, 0.29) is 16.9 Å². The molecule has 0 unspecified atom stereocenters. The van der Waals surface area contributed by atoms with Crippen molar-refractivity contribution in [3.63, 3.8) is 0 Å². The summed E-state index contributed by atoms with van der Waals surface area (Å²) in [4.78, 5) is 41.3. The number of benzene rings is 2. The quantitative estimate of drug-likeness (QED) is 0.148. The van der Waals surface area contributed by atoms with Gasteiger partial charge < -0.3 is 35.1 Å². The molecule has 210 valence electrons. The molecule has 0 bridgehead atoms. The Balaban J connectivity index is 0.000000261. The molecule has 2 aromatic carbocycles. The van der Waals surface area contributed by atoms with Crippen LogP contribution in [0.15, 0.2) is 70.2 Å². The van der Waals surface area contributed by atoms with Gasteiger partial charge in [0, 0.05) is 11.3 Å². The van der Waals surface area contributed by atoms with Crippen molar-refractivity contribution in [2.45, 2.75) is 43.4 Å². The van der Waals surface area contributed by atoms with Crippen LogP contribution in [0.4, 0.5) is 0 Å². The van der Waals surface area contributed by atoms with Crippen LogP contribution in [0, 0.1) is 5.92 Å². The number of carboxylic acids is 4. The van der Waals surface area contributed by atoms with Gasteiger partial charge in [-0.3, -0.25) is 4.79 Å². The fourth-order valence-electron chi connectivity index (χ4n) is 3.39. The van der Waals surface area contributed by atoms with E-state index in [2.05, 4.69) is 17.0 Å². The first-order valence-corrected chi connectivity index (χ1v) is 12.1. The van der Waals surface area contributed by atoms with Crippen LogP contribution >= 0.6 is 12.6 Å². The molecule has 1 heterocycles. The Morgan fingerprint density at radius 3 is 1.77 bits per heavy atom. The number of phenols is 2. The number of hydrogen-bond acceptors (Lipinski definition) is 8. The SMILES string of the molecule is O=C(O)CCC1CCCC1.O=C(O)c1cccc(O)c1O.O=C(O)c1ccccc1S.O=C(O)c1ccco1. The van der Waals surface area contributed by atoms with Crippen LogP contribution in [-0.4, -0.2) is 54.5 Å². The first kappa shape index (κ1) is 32.6. The standard InChI is InChI=1S/C8H14O2.C7H6O4.C7H6O2S.C5H4O3/c9-8(10)6-5-7-3-1-2-4-7;8-5-3-1-2-4(6(5)9)7(10)11;8-7(9)5-3-1-2-4-6(5)10;6-5(7)4-2-1-3-8-4/h7H,1-6H2,(H,9,10);1-3,8-9H,(H,10,11);1-4,10H,(H,8,9);1-3H,(H,6,7). The van der Waals surface area contributed by atoms with Gasteiger partial charge >= 0.3 is 23.9 Å². The van der Waals surface area contributed by atoms with Crippen LogP contribution in [0.3, 0.4) is 0 Å². The molecule has 0 saturated heterocycles. The molecule has 0 atom stereocenters. The summed E-state index contributed by atoms with van der Waals surface area (Å²) in [6.45, 7) is 0. The first-order valence-electron chi connectivity index (χ1n) is 11.7. The largest absolute Gasteiger partial charge is 0.504 e. The number of aliphatic carboxylic acids is 1. The zero-order chi connectivity index (χ0) is 29.4. The number of hydrogen-bond donors (Lipinski definition) is 7. The Morgan fingerprint density at radius 2 is 1.36 bits per heavy atom. The molecule has 11 nitrogen and oxygen atoms in total. The lowest BCUT2D eigenvalue weighted by Crippen LogP contribution is -1.99. The van der Waals surface area contributed by atoms with E-state index in [1.165, 1.54) is 68.3 Å². The Bertz CT molecular complexity index is 1220. The molecule has 1 aliphatic carbocycles. The number of furan rings is 1. The zero-order valence-corrected chi connectivity index (χ0v) is 21.7. The summed E-state index contributed by atoms with van der Waals surface area (Å²) in [6.07, 6.45) is 7.72. The lowest BCUT2D eigenvalue weighted by atomic mass is 10.0. The van der Waals surface area contributed by atoms with E-state index in [4.69, 9.17) is 30.6 Å². The highest BCUT2D eigenvalue weighted by Crippen LogP contribution is 2.28. The second-order valence-electron chi connectivity index (χ2n) is 8.17. The van der Waals surface area contributed by atoms with Crippen molar-refractivity contribution in [1.82, 2.24) is 0 Å². The highest BCUT2D eigenvalue weighted by molar-refractivity contribution is 7.80. The topological polar surface area (TPSA) is 203 Å². The van der Waals surface area contributed by atoms with Crippen LogP contribution in [0.1, 0.15) is 69.8 Å². The van der Waals surface area contributed by atoms with Crippen molar-refractivity contribution in [2.24, 2.45) is 5.92 Å². The second-order valence-corrected chi connectivity index (χ2v) is 8.65. The molecule has 0 radical (unpaired) electrons. The van der Waals surface area contributed by atoms with Crippen LogP contribution in [0.2, 0.25) is 0 Å². The number of aromatic hydroxyl groups is 2. The van der Waals surface area contributed by atoms with E-state index >= 15 is 0 Å². The van der Waals surface area contributed by atoms with Gasteiger partial charge in [0.1, 0.15) is 5.56 Å². The van der Waals surface area contributed by atoms with Gasteiger partial charge in [0.05, 0.1) is 11.8 Å². The first-order chi connectivity index (χ1) is 18.4. The van der Waals surface area contributed by atoms with Gasteiger partial charge in [-0.15, -0.1) is 12.6 Å². The number of carbonyl (C=O) groups is 4. The lowest BCUT2D eigenvalue weighted by molar-refractivity contribution is -0.137. The maximum atomic E-state index is 10.4. The molecule has 3 aromatic rings. The Kier molecular flexibility index (Phi) is 14.3. The second kappa shape index (κ2) is 17.1. The predicted molar refractivity (Wildman–Crippen MR) is 142 cm³/mol. The minimum atomic E-state index is -1.27. The zero-order valence-electron chi connectivity index (χ0n) is 20.8. The number of carboxylic acid groups (broad SMARTS) is 4. The van der Waals surface area contributed by atoms with Gasteiger partial charge in [-0.05, 0) is 48.7 Å². The molecule has 6 N–H and O–H groups in total. The molecule has 1 saturated carbocycles. The van der Waals surface area contributed by atoms with E-state index in [1.807, 2.05) is 0 Å². The van der Waals surface area contributed by atoms with Crippen LogP contribution < -0.4 is 0 Å². The molecule has 1 fully saturated rings. The maximum Gasteiger partial charge on any atom is 0.371 e. The third-order valence-electron chi connectivity index (χ3n) is 5.35. The summed E-state index contributed by atoms with van der Waals surface area (Å²) < 4.78 is 4.50. The van der Waals surface area contributed by atoms with Gasteiger partial charge in [-0.1, -0.05) is 43.9 Å². The summed E-state index contributed by atoms with van der Waals surface area (Å²) in [5.74, 6) is -4.21. The maximum absolute atomic E-state index is 10.4. The van der Waals surface area contributed by atoms with Crippen LogP contribution in [0.25, 0.3) is 0 Å². The molecule has 1 aromatic heterocycles. The highest BCUT2D eigenvalue weighted by Gasteiger charge is 2.15. The van der Waals surface area contributed by atoms with Crippen molar-refractivity contribution in [3.05, 3.63) is 77.7 Å². The van der Waals surface area contributed by atoms with Crippen LogP contribution in [-0.2, 0) is 4.79 Å². The number of rotatable bonds is 6. The molecular weight excluding hydrogens is 532 g/mol. The Morgan fingerprint density at radius 1 is 0.769 bits per heavy atom. The number of thiol groups is 1. The van der Waals surface area contributed by atoms with E-state index < -0.39 is 35.4 Å². The minimum Gasteiger partial charge on any atom is -0.504 e. The van der Waals surface area contributed by atoms with Gasteiger partial charge in [-0.2, -0.15) is 0 Å². The fourth-order valence-corrected chi connectivity index (χ4v) is 3.64.